The summed E-state index contributed by atoms with van der Waals surface area (Å²) in [5.41, 5.74) is 3.20. The van der Waals surface area contributed by atoms with Gasteiger partial charge in [-0.2, -0.15) is 0 Å². The third-order valence-corrected chi connectivity index (χ3v) is 6.49. The van der Waals surface area contributed by atoms with E-state index in [1.165, 1.54) is 35.6 Å². The molecule has 0 unspecified atom stereocenters. The van der Waals surface area contributed by atoms with Crippen LogP contribution in [0, 0.1) is 19.7 Å². The van der Waals surface area contributed by atoms with Gasteiger partial charge < -0.3 is 9.47 Å². The van der Waals surface area contributed by atoms with Crippen molar-refractivity contribution in [3.05, 3.63) is 53.3 Å². The van der Waals surface area contributed by atoms with Gasteiger partial charge in [0.1, 0.15) is 11.6 Å². The molecule has 2 heterocycles. The molecule has 0 saturated carbocycles. The predicted octanol–water partition coefficient (Wildman–Crippen LogP) is 3.80. The van der Waals surface area contributed by atoms with Gasteiger partial charge in [-0.25, -0.2) is 9.37 Å². The molecule has 3 aromatic rings. The van der Waals surface area contributed by atoms with Gasteiger partial charge >= 0.3 is 0 Å². The number of benzene rings is 2. The molecule has 164 valence electrons. The molecule has 1 amide bonds. The van der Waals surface area contributed by atoms with Gasteiger partial charge in [-0.15, -0.1) is 0 Å². The average Bonchev–Trinajstić information content (AvgIpc) is 3.18. The summed E-state index contributed by atoms with van der Waals surface area (Å²) in [7, 11) is 0. The van der Waals surface area contributed by atoms with Crippen molar-refractivity contribution in [1.29, 1.82) is 0 Å². The first kappa shape index (κ1) is 21.7. The number of aryl methyl sites for hydroxylation is 2. The van der Waals surface area contributed by atoms with Crippen molar-refractivity contribution >= 4 is 32.6 Å². The predicted molar refractivity (Wildman–Crippen MR) is 121 cm³/mol. The number of aromatic nitrogens is 1. The SMILES string of the molecule is Cc1cc(C)c2sc(N(CCN3CCOCC3)C(=O)COc3ccc(F)cc3)nc2c1. The van der Waals surface area contributed by atoms with Crippen LogP contribution in [-0.4, -0.2) is 61.8 Å². The molecule has 0 N–H and O–H groups in total. The Bertz CT molecular complexity index is 1050. The zero-order valence-electron chi connectivity index (χ0n) is 17.8. The highest BCUT2D eigenvalue weighted by Gasteiger charge is 2.22. The van der Waals surface area contributed by atoms with E-state index < -0.39 is 0 Å². The number of halogens is 1. The van der Waals surface area contributed by atoms with E-state index in [1.807, 2.05) is 13.0 Å². The molecule has 0 atom stereocenters. The molecular formula is C23H26FN3O3S. The summed E-state index contributed by atoms with van der Waals surface area (Å²) >= 11 is 1.52. The topological polar surface area (TPSA) is 54.9 Å². The first-order valence-corrected chi connectivity index (χ1v) is 11.2. The number of hydrogen-bond acceptors (Lipinski definition) is 6. The van der Waals surface area contributed by atoms with E-state index in [-0.39, 0.29) is 18.3 Å². The Labute approximate surface area is 185 Å². The minimum absolute atomic E-state index is 0.136. The first-order valence-electron chi connectivity index (χ1n) is 10.4. The van der Waals surface area contributed by atoms with Crippen LogP contribution in [0.25, 0.3) is 10.2 Å². The number of anilines is 1. The van der Waals surface area contributed by atoms with Crippen LogP contribution in [0.15, 0.2) is 36.4 Å². The maximum Gasteiger partial charge on any atom is 0.266 e. The maximum atomic E-state index is 13.1. The number of ether oxygens (including phenoxy) is 2. The van der Waals surface area contributed by atoms with Crippen LogP contribution in [0.4, 0.5) is 9.52 Å². The Balaban J connectivity index is 1.53. The number of thiazole rings is 1. The lowest BCUT2D eigenvalue weighted by atomic mass is 10.1. The summed E-state index contributed by atoms with van der Waals surface area (Å²) in [6.45, 7) is 8.35. The summed E-state index contributed by atoms with van der Waals surface area (Å²) in [6.07, 6.45) is 0. The normalized spacial score (nSPS) is 14.7. The maximum absolute atomic E-state index is 13.1. The van der Waals surface area contributed by atoms with Gasteiger partial charge in [0.15, 0.2) is 11.7 Å². The van der Waals surface area contributed by atoms with E-state index in [0.717, 1.165) is 41.0 Å². The molecule has 1 aliphatic heterocycles. The lowest BCUT2D eigenvalue weighted by Gasteiger charge is -2.29. The Morgan fingerprint density at radius 2 is 1.97 bits per heavy atom. The smallest absolute Gasteiger partial charge is 0.266 e. The fourth-order valence-electron chi connectivity index (χ4n) is 3.63. The molecule has 0 aliphatic carbocycles. The number of morpholine rings is 1. The Morgan fingerprint density at radius 3 is 2.71 bits per heavy atom. The molecular weight excluding hydrogens is 417 g/mol. The molecule has 1 aliphatic rings. The lowest BCUT2D eigenvalue weighted by Crippen LogP contribution is -2.44. The lowest BCUT2D eigenvalue weighted by molar-refractivity contribution is -0.120. The van der Waals surface area contributed by atoms with E-state index in [2.05, 4.69) is 17.9 Å². The van der Waals surface area contributed by atoms with Crippen molar-refractivity contribution in [3.8, 4) is 5.75 Å². The van der Waals surface area contributed by atoms with Gasteiger partial charge in [0.25, 0.3) is 5.91 Å². The largest absolute Gasteiger partial charge is 0.484 e. The third-order valence-electron chi connectivity index (χ3n) is 5.26. The van der Waals surface area contributed by atoms with Gasteiger partial charge in [-0.05, 0) is 55.3 Å². The van der Waals surface area contributed by atoms with Crippen LogP contribution in [0.1, 0.15) is 11.1 Å². The van der Waals surface area contributed by atoms with Crippen LogP contribution in [0.5, 0.6) is 5.75 Å². The molecule has 6 nitrogen and oxygen atoms in total. The number of carbonyl (C=O) groups is 1. The fraction of sp³-hybridized carbons (Fsp3) is 0.391. The Kier molecular flexibility index (Phi) is 6.80. The number of carbonyl (C=O) groups excluding carboxylic acids is 1. The van der Waals surface area contributed by atoms with E-state index in [9.17, 15) is 9.18 Å². The van der Waals surface area contributed by atoms with Crippen molar-refractivity contribution in [3.63, 3.8) is 0 Å². The number of hydrogen-bond donors (Lipinski definition) is 0. The molecule has 1 fully saturated rings. The molecule has 2 aromatic carbocycles. The second-order valence-electron chi connectivity index (χ2n) is 7.67. The molecule has 4 rings (SSSR count). The van der Waals surface area contributed by atoms with Crippen molar-refractivity contribution < 1.29 is 18.7 Å². The van der Waals surface area contributed by atoms with Gasteiger partial charge in [0.05, 0.1) is 23.4 Å². The van der Waals surface area contributed by atoms with E-state index in [4.69, 9.17) is 14.5 Å². The minimum atomic E-state index is -0.342. The molecule has 0 spiro atoms. The minimum Gasteiger partial charge on any atom is -0.484 e. The number of rotatable bonds is 7. The van der Waals surface area contributed by atoms with Crippen LogP contribution in [0.2, 0.25) is 0 Å². The Hall–Kier alpha value is -2.55. The highest BCUT2D eigenvalue weighted by Crippen LogP contribution is 2.32. The van der Waals surface area contributed by atoms with Crippen LogP contribution < -0.4 is 9.64 Å². The van der Waals surface area contributed by atoms with Crippen LogP contribution in [-0.2, 0) is 9.53 Å². The molecule has 0 radical (unpaired) electrons. The van der Waals surface area contributed by atoms with E-state index in [0.29, 0.717) is 30.6 Å². The van der Waals surface area contributed by atoms with Gasteiger partial charge in [-0.3, -0.25) is 14.6 Å². The average molecular weight is 444 g/mol. The van der Waals surface area contributed by atoms with Crippen molar-refractivity contribution in [2.24, 2.45) is 0 Å². The fourth-order valence-corrected chi connectivity index (χ4v) is 4.69. The van der Waals surface area contributed by atoms with Crippen LogP contribution >= 0.6 is 11.3 Å². The van der Waals surface area contributed by atoms with Crippen molar-refractivity contribution in [2.75, 3.05) is 50.9 Å². The Morgan fingerprint density at radius 1 is 1.23 bits per heavy atom. The summed E-state index contributed by atoms with van der Waals surface area (Å²) in [4.78, 5) is 21.9. The number of fused-ring (bicyclic) bond motifs is 1. The number of amides is 1. The standard InChI is InChI=1S/C23H26FN3O3S/c1-16-13-17(2)22-20(14-16)25-23(31-22)27(8-7-26-9-11-29-12-10-26)21(28)15-30-19-5-3-18(24)4-6-19/h3-6,13-14H,7-12,15H2,1-2H3. The molecule has 0 bridgehead atoms. The number of nitrogens with zero attached hydrogens (tertiary/aromatic N) is 3. The van der Waals surface area contributed by atoms with Gasteiger partial charge in [-0.1, -0.05) is 17.4 Å². The van der Waals surface area contributed by atoms with E-state index in [1.54, 1.807) is 4.90 Å². The second-order valence-corrected chi connectivity index (χ2v) is 8.65. The highest BCUT2D eigenvalue weighted by atomic mass is 32.1. The van der Waals surface area contributed by atoms with Crippen LogP contribution in [0.3, 0.4) is 0 Å². The molecule has 8 heteroatoms. The van der Waals surface area contributed by atoms with Crippen molar-refractivity contribution in [1.82, 2.24) is 9.88 Å². The zero-order chi connectivity index (χ0) is 21.8. The quantitative estimate of drug-likeness (QED) is 0.556. The van der Waals surface area contributed by atoms with E-state index >= 15 is 0 Å². The summed E-state index contributed by atoms with van der Waals surface area (Å²) in [5.74, 6) is -0.0596. The third kappa shape index (κ3) is 5.39. The monoisotopic (exact) mass is 443 g/mol. The zero-order valence-corrected chi connectivity index (χ0v) is 18.6. The first-order chi connectivity index (χ1) is 15.0. The molecule has 1 saturated heterocycles. The highest BCUT2D eigenvalue weighted by molar-refractivity contribution is 7.22. The summed E-state index contributed by atoms with van der Waals surface area (Å²) in [6, 6.07) is 9.84. The molecule has 1 aromatic heterocycles. The summed E-state index contributed by atoms with van der Waals surface area (Å²) < 4.78 is 25.2. The van der Waals surface area contributed by atoms with Gasteiger partial charge in [0.2, 0.25) is 0 Å². The molecule has 31 heavy (non-hydrogen) atoms. The van der Waals surface area contributed by atoms with Crippen molar-refractivity contribution in [2.45, 2.75) is 13.8 Å². The second kappa shape index (κ2) is 9.72. The van der Waals surface area contributed by atoms with Gasteiger partial charge in [0, 0.05) is 26.2 Å². The summed E-state index contributed by atoms with van der Waals surface area (Å²) in [5, 5.41) is 0.671.